The number of hydrogen-bond donors (Lipinski definition) is 3. The minimum absolute atomic E-state index is 0.204. The van der Waals surface area contributed by atoms with Crippen LogP contribution in [0.15, 0.2) is 42.6 Å². The van der Waals surface area contributed by atoms with Gasteiger partial charge in [0.2, 0.25) is 0 Å². The lowest BCUT2D eigenvalue weighted by molar-refractivity contribution is -0.112. The lowest BCUT2D eigenvalue weighted by atomic mass is 10.1. The number of nitrogens with zero attached hydrogens (tertiary/aromatic N) is 3. The van der Waals surface area contributed by atoms with Gasteiger partial charge in [-0.15, -0.1) is 0 Å². The Bertz CT molecular complexity index is 945. The highest BCUT2D eigenvalue weighted by atomic mass is 16.6. The number of ether oxygens (including phenoxy) is 2. The molecule has 4 rings (SSSR count). The number of carbonyl (C=O) groups is 1. The molecule has 9 nitrogen and oxygen atoms in total. The summed E-state index contributed by atoms with van der Waals surface area (Å²) in [6, 6.07) is 11.8. The van der Waals surface area contributed by atoms with Crippen molar-refractivity contribution >= 4 is 17.6 Å². The number of nitrogens with two attached hydrogens (primary N) is 1. The highest BCUT2D eigenvalue weighted by Gasteiger charge is 2.27. The van der Waals surface area contributed by atoms with E-state index in [1.165, 1.54) is 4.90 Å². The molecule has 3 heterocycles. The van der Waals surface area contributed by atoms with Crippen LogP contribution in [-0.2, 0) is 11.3 Å². The standard InChI is InChI=1S/C20H22N6O3/c21-17-11-25(8-9-26(17)18(22)19(23)27)10-13-3-5-14(6-4-13)16-12-28-15-2-1-7-24-20(15)29-16/h1-7,16,21-22H,8-12H2,(H2,23,27)/t16-/m1/s1. The zero-order valence-corrected chi connectivity index (χ0v) is 15.8. The fourth-order valence-corrected chi connectivity index (χ4v) is 3.44. The number of primary amides is 1. The second-order valence-electron chi connectivity index (χ2n) is 6.99. The summed E-state index contributed by atoms with van der Waals surface area (Å²) in [5, 5.41) is 15.8. The lowest BCUT2D eigenvalue weighted by Gasteiger charge is -2.35. The van der Waals surface area contributed by atoms with E-state index >= 15 is 0 Å². The summed E-state index contributed by atoms with van der Waals surface area (Å²) in [4.78, 5) is 18.8. The van der Waals surface area contributed by atoms with Crippen molar-refractivity contribution in [1.29, 1.82) is 10.8 Å². The Hall–Kier alpha value is -3.46. The van der Waals surface area contributed by atoms with Crippen molar-refractivity contribution in [3.8, 4) is 11.6 Å². The molecule has 1 aromatic carbocycles. The zero-order chi connectivity index (χ0) is 20.4. The minimum Gasteiger partial charge on any atom is -0.484 e. The summed E-state index contributed by atoms with van der Waals surface area (Å²) in [6.07, 6.45) is 1.47. The molecule has 150 valence electrons. The van der Waals surface area contributed by atoms with Crippen LogP contribution >= 0.6 is 0 Å². The molecular weight excluding hydrogens is 372 g/mol. The van der Waals surface area contributed by atoms with Crippen LogP contribution in [0.1, 0.15) is 17.2 Å². The topological polar surface area (TPSA) is 129 Å². The molecule has 29 heavy (non-hydrogen) atoms. The third kappa shape index (κ3) is 4.04. The van der Waals surface area contributed by atoms with Crippen molar-refractivity contribution in [3.63, 3.8) is 0 Å². The average Bonchev–Trinajstić information content (AvgIpc) is 2.73. The summed E-state index contributed by atoms with van der Waals surface area (Å²) < 4.78 is 11.7. The first-order valence-corrected chi connectivity index (χ1v) is 9.30. The Morgan fingerprint density at radius 2 is 2.03 bits per heavy atom. The molecule has 1 amide bonds. The molecule has 2 aliphatic heterocycles. The Balaban J connectivity index is 1.35. The van der Waals surface area contributed by atoms with E-state index in [9.17, 15) is 4.79 Å². The van der Waals surface area contributed by atoms with Gasteiger partial charge in [-0.25, -0.2) is 4.98 Å². The highest BCUT2D eigenvalue weighted by molar-refractivity contribution is 6.38. The molecule has 1 atom stereocenters. The predicted molar refractivity (Wildman–Crippen MR) is 106 cm³/mol. The molecule has 1 fully saturated rings. The van der Waals surface area contributed by atoms with Gasteiger partial charge >= 0.3 is 0 Å². The number of pyridine rings is 1. The van der Waals surface area contributed by atoms with E-state index in [1.807, 2.05) is 36.4 Å². The van der Waals surface area contributed by atoms with Gasteiger partial charge in [-0.3, -0.25) is 20.5 Å². The van der Waals surface area contributed by atoms with E-state index < -0.39 is 5.91 Å². The molecule has 2 aliphatic rings. The lowest BCUT2D eigenvalue weighted by Crippen LogP contribution is -2.54. The molecular formula is C20H22N6O3. The van der Waals surface area contributed by atoms with Gasteiger partial charge in [0.05, 0.1) is 6.54 Å². The van der Waals surface area contributed by atoms with Gasteiger partial charge in [-0.1, -0.05) is 24.3 Å². The van der Waals surface area contributed by atoms with Crippen molar-refractivity contribution in [1.82, 2.24) is 14.8 Å². The largest absolute Gasteiger partial charge is 0.484 e. The maximum atomic E-state index is 11.2. The average molecular weight is 394 g/mol. The Kier molecular flexibility index (Phi) is 5.13. The fourth-order valence-electron chi connectivity index (χ4n) is 3.44. The third-order valence-corrected chi connectivity index (χ3v) is 4.98. The number of aromatic nitrogens is 1. The first-order valence-electron chi connectivity index (χ1n) is 9.30. The van der Waals surface area contributed by atoms with Crippen LogP contribution in [-0.4, -0.2) is 58.6 Å². The molecule has 2 aromatic rings. The smallest absolute Gasteiger partial charge is 0.284 e. The molecule has 0 radical (unpaired) electrons. The molecule has 1 aromatic heterocycles. The Morgan fingerprint density at radius 1 is 1.24 bits per heavy atom. The van der Waals surface area contributed by atoms with Gasteiger partial charge in [0.1, 0.15) is 12.4 Å². The summed E-state index contributed by atoms with van der Waals surface area (Å²) in [5.41, 5.74) is 7.27. The van der Waals surface area contributed by atoms with Crippen LogP contribution in [0, 0.1) is 10.8 Å². The number of fused-ring (bicyclic) bond motifs is 1. The number of amidine groups is 2. The number of benzene rings is 1. The second kappa shape index (κ2) is 7.88. The van der Waals surface area contributed by atoms with Crippen molar-refractivity contribution in [2.45, 2.75) is 12.6 Å². The van der Waals surface area contributed by atoms with Gasteiger partial charge in [0.25, 0.3) is 11.8 Å². The molecule has 0 unspecified atom stereocenters. The number of hydrogen-bond acceptors (Lipinski definition) is 7. The van der Waals surface area contributed by atoms with Crippen molar-refractivity contribution < 1.29 is 14.3 Å². The maximum absolute atomic E-state index is 11.2. The van der Waals surface area contributed by atoms with Crippen molar-refractivity contribution in [2.24, 2.45) is 5.73 Å². The zero-order valence-electron chi connectivity index (χ0n) is 15.8. The monoisotopic (exact) mass is 394 g/mol. The number of piperazine rings is 1. The van der Waals surface area contributed by atoms with E-state index in [4.69, 9.17) is 26.0 Å². The third-order valence-electron chi connectivity index (χ3n) is 4.98. The number of amides is 1. The summed E-state index contributed by atoms with van der Waals surface area (Å²) >= 11 is 0. The second-order valence-corrected chi connectivity index (χ2v) is 6.99. The molecule has 1 saturated heterocycles. The summed E-state index contributed by atoms with van der Waals surface area (Å²) in [7, 11) is 0. The first kappa shape index (κ1) is 18.9. The number of nitrogens with one attached hydrogen (secondary N) is 2. The molecule has 4 N–H and O–H groups in total. The SMILES string of the molecule is N=C1CN(Cc2ccc([C@H]3COc4cccnc4O3)cc2)CCN1C(=N)C(N)=O. The van der Waals surface area contributed by atoms with Gasteiger partial charge in [0, 0.05) is 25.8 Å². The Morgan fingerprint density at radius 3 is 2.76 bits per heavy atom. The molecule has 0 aliphatic carbocycles. The van der Waals surface area contributed by atoms with E-state index in [2.05, 4.69) is 9.88 Å². The molecule has 0 bridgehead atoms. The van der Waals surface area contributed by atoms with Crippen molar-refractivity contribution in [2.75, 3.05) is 26.2 Å². The predicted octanol–water partition coefficient (Wildman–Crippen LogP) is 1.15. The molecule has 0 spiro atoms. The van der Waals surface area contributed by atoms with Gasteiger partial charge < -0.3 is 20.1 Å². The number of rotatable bonds is 3. The van der Waals surface area contributed by atoms with Crippen LogP contribution in [0.2, 0.25) is 0 Å². The maximum Gasteiger partial charge on any atom is 0.284 e. The van der Waals surface area contributed by atoms with Crippen molar-refractivity contribution in [3.05, 3.63) is 53.7 Å². The van der Waals surface area contributed by atoms with Gasteiger partial charge in [-0.05, 0) is 23.3 Å². The van der Waals surface area contributed by atoms with Crippen LogP contribution in [0.5, 0.6) is 11.6 Å². The van der Waals surface area contributed by atoms with E-state index in [0.29, 0.717) is 44.4 Å². The minimum atomic E-state index is -0.814. The van der Waals surface area contributed by atoms with Gasteiger partial charge in [-0.2, -0.15) is 0 Å². The van der Waals surface area contributed by atoms with Crippen LogP contribution in [0.3, 0.4) is 0 Å². The van der Waals surface area contributed by atoms with Gasteiger partial charge in [0.15, 0.2) is 17.7 Å². The number of carbonyl (C=O) groups excluding carboxylic acids is 1. The summed E-state index contributed by atoms with van der Waals surface area (Å²) in [5.74, 6) is 0.225. The van der Waals surface area contributed by atoms with E-state index in [0.717, 1.165) is 11.1 Å². The molecule has 9 heteroatoms. The Labute approximate surface area is 168 Å². The summed E-state index contributed by atoms with van der Waals surface area (Å²) in [6.45, 7) is 2.51. The normalized spacial score (nSPS) is 19.1. The van der Waals surface area contributed by atoms with Crippen LogP contribution < -0.4 is 15.2 Å². The highest BCUT2D eigenvalue weighted by Crippen LogP contribution is 2.33. The van der Waals surface area contributed by atoms with E-state index in [1.54, 1.807) is 6.20 Å². The molecule has 0 saturated carbocycles. The van der Waals surface area contributed by atoms with Crippen LogP contribution in [0.25, 0.3) is 0 Å². The van der Waals surface area contributed by atoms with E-state index in [-0.39, 0.29) is 17.8 Å². The quantitative estimate of drug-likeness (QED) is 0.529. The van der Waals surface area contributed by atoms with Crippen LogP contribution in [0.4, 0.5) is 0 Å². The fraction of sp³-hybridized carbons (Fsp3) is 0.300. The first-order chi connectivity index (χ1) is 14.0.